The summed E-state index contributed by atoms with van der Waals surface area (Å²) in [5, 5.41) is 0. The van der Waals surface area contributed by atoms with E-state index in [-0.39, 0.29) is 23.2 Å². The van der Waals surface area contributed by atoms with Gasteiger partial charge in [0.1, 0.15) is 11.5 Å². The van der Waals surface area contributed by atoms with Gasteiger partial charge in [-0.1, -0.05) is 0 Å². The molecule has 0 radical (unpaired) electrons. The summed E-state index contributed by atoms with van der Waals surface area (Å²) in [5.41, 5.74) is 1.52. The van der Waals surface area contributed by atoms with E-state index in [9.17, 15) is 13.2 Å². The number of ether oxygens (including phenoxy) is 3. The van der Waals surface area contributed by atoms with Gasteiger partial charge in [0.2, 0.25) is 0 Å². The van der Waals surface area contributed by atoms with Crippen LogP contribution < -0.4 is 9.47 Å². The van der Waals surface area contributed by atoms with Gasteiger partial charge in [0.05, 0.1) is 31.5 Å². The zero-order valence-electron chi connectivity index (χ0n) is 18.7. The molecular formula is C23H30N2O6S. The second-order valence-electron chi connectivity index (χ2n) is 7.58. The molecule has 32 heavy (non-hydrogen) atoms. The number of piperazine rings is 1. The lowest BCUT2D eigenvalue weighted by Crippen LogP contribution is -2.48. The summed E-state index contributed by atoms with van der Waals surface area (Å²) in [4.78, 5) is 17.2. The fraction of sp³-hybridized carbons (Fsp3) is 0.435. The maximum absolute atomic E-state index is 12.9. The van der Waals surface area contributed by atoms with Crippen LogP contribution in [-0.4, -0.2) is 84.0 Å². The summed E-state index contributed by atoms with van der Waals surface area (Å²) in [5.74, 6) is 1.41. The van der Waals surface area contributed by atoms with Crippen LogP contribution in [0.3, 0.4) is 0 Å². The van der Waals surface area contributed by atoms with Gasteiger partial charge < -0.3 is 19.1 Å². The maximum Gasteiger partial charge on any atom is 0.253 e. The van der Waals surface area contributed by atoms with Crippen LogP contribution in [0.15, 0.2) is 47.4 Å². The quantitative estimate of drug-likeness (QED) is 0.564. The first-order valence-electron chi connectivity index (χ1n) is 10.4. The number of nitrogens with zero attached hydrogens (tertiary/aromatic N) is 2. The van der Waals surface area contributed by atoms with Crippen LogP contribution in [0.4, 0.5) is 0 Å². The van der Waals surface area contributed by atoms with Crippen molar-refractivity contribution in [3.63, 3.8) is 0 Å². The minimum Gasteiger partial charge on any atom is -0.497 e. The second-order valence-corrected chi connectivity index (χ2v) is 9.69. The van der Waals surface area contributed by atoms with E-state index in [1.54, 1.807) is 31.3 Å². The first-order valence-corrected chi connectivity index (χ1v) is 12.1. The lowest BCUT2D eigenvalue weighted by molar-refractivity contribution is 0.0627. The highest BCUT2D eigenvalue weighted by Crippen LogP contribution is 2.26. The average molecular weight is 463 g/mol. The molecule has 2 aromatic rings. The highest BCUT2D eigenvalue weighted by atomic mass is 32.2. The summed E-state index contributed by atoms with van der Waals surface area (Å²) >= 11 is 0. The Morgan fingerprint density at radius 2 is 1.62 bits per heavy atom. The van der Waals surface area contributed by atoms with Crippen LogP contribution >= 0.6 is 0 Å². The monoisotopic (exact) mass is 462 g/mol. The van der Waals surface area contributed by atoms with Gasteiger partial charge in [-0.15, -0.1) is 0 Å². The van der Waals surface area contributed by atoms with Crippen molar-refractivity contribution in [3.05, 3.63) is 53.6 Å². The molecule has 174 valence electrons. The van der Waals surface area contributed by atoms with E-state index in [2.05, 4.69) is 4.90 Å². The van der Waals surface area contributed by atoms with Gasteiger partial charge in [-0.2, -0.15) is 0 Å². The van der Waals surface area contributed by atoms with Crippen LogP contribution in [0.5, 0.6) is 11.5 Å². The van der Waals surface area contributed by atoms with Gasteiger partial charge in [-0.3, -0.25) is 9.69 Å². The molecule has 1 aliphatic rings. The lowest BCUT2D eigenvalue weighted by atomic mass is 10.1. The van der Waals surface area contributed by atoms with Crippen molar-refractivity contribution in [3.8, 4) is 11.5 Å². The molecule has 0 N–H and O–H groups in total. The highest BCUT2D eigenvalue weighted by Gasteiger charge is 2.23. The number of hydrogen-bond acceptors (Lipinski definition) is 7. The minimum atomic E-state index is -3.41. The molecule has 1 saturated heterocycles. The van der Waals surface area contributed by atoms with Gasteiger partial charge in [0, 0.05) is 51.0 Å². The smallest absolute Gasteiger partial charge is 0.253 e. The summed E-state index contributed by atoms with van der Waals surface area (Å²) in [6.07, 6.45) is 0. The third-order valence-corrected chi connectivity index (χ3v) is 7.25. The number of methoxy groups -OCH3 is 3. The molecule has 0 spiro atoms. The van der Waals surface area contributed by atoms with Crippen molar-refractivity contribution in [1.29, 1.82) is 0 Å². The van der Waals surface area contributed by atoms with Crippen molar-refractivity contribution in [2.75, 3.05) is 59.9 Å². The van der Waals surface area contributed by atoms with Gasteiger partial charge in [-0.05, 0) is 42.5 Å². The Labute approximate surface area is 189 Å². The largest absolute Gasteiger partial charge is 0.497 e. The molecule has 1 fully saturated rings. The number of benzene rings is 2. The van der Waals surface area contributed by atoms with Crippen molar-refractivity contribution in [2.45, 2.75) is 11.4 Å². The Balaban J connectivity index is 1.59. The van der Waals surface area contributed by atoms with E-state index in [1.165, 1.54) is 19.2 Å². The third kappa shape index (κ3) is 5.79. The Morgan fingerprint density at radius 3 is 2.22 bits per heavy atom. The van der Waals surface area contributed by atoms with E-state index >= 15 is 0 Å². The van der Waals surface area contributed by atoms with Crippen molar-refractivity contribution in [1.82, 2.24) is 9.80 Å². The zero-order chi connectivity index (χ0) is 23.1. The molecular weight excluding hydrogens is 432 g/mol. The summed E-state index contributed by atoms with van der Waals surface area (Å²) in [6, 6.07) is 11.9. The van der Waals surface area contributed by atoms with Crippen molar-refractivity contribution in [2.24, 2.45) is 0 Å². The van der Waals surface area contributed by atoms with Gasteiger partial charge in [-0.25, -0.2) is 8.42 Å². The number of amides is 1. The number of carbonyl (C=O) groups is 1. The first-order chi connectivity index (χ1) is 15.4. The molecule has 1 heterocycles. The molecule has 0 unspecified atom stereocenters. The van der Waals surface area contributed by atoms with Gasteiger partial charge >= 0.3 is 0 Å². The molecule has 9 heteroatoms. The van der Waals surface area contributed by atoms with Crippen LogP contribution in [0.2, 0.25) is 0 Å². The Bertz CT molecular complexity index is 1020. The third-order valence-electron chi connectivity index (χ3n) is 5.56. The summed E-state index contributed by atoms with van der Waals surface area (Å²) < 4.78 is 40.1. The topological polar surface area (TPSA) is 85.4 Å². The first kappa shape index (κ1) is 24.0. The molecule has 8 nitrogen and oxygen atoms in total. The molecule has 3 rings (SSSR count). The molecule has 0 saturated carbocycles. The Hall–Kier alpha value is -2.62. The van der Waals surface area contributed by atoms with Crippen molar-refractivity contribution < 1.29 is 27.4 Å². The second kappa shape index (κ2) is 10.8. The number of hydrogen-bond donors (Lipinski definition) is 0. The molecule has 0 aromatic heterocycles. The summed E-state index contributed by atoms with van der Waals surface area (Å²) in [6.45, 7) is 3.49. The Kier molecular flexibility index (Phi) is 8.11. The predicted octanol–water partition coefficient (Wildman–Crippen LogP) is 2.08. The SMILES string of the molecule is COCCS(=O)(=O)c1ccc(C(=O)N2CCN(Cc3cc(OC)ccc3OC)CC2)cc1. The highest BCUT2D eigenvalue weighted by molar-refractivity contribution is 7.91. The van der Waals surface area contributed by atoms with E-state index < -0.39 is 9.84 Å². The van der Waals surface area contributed by atoms with Crippen molar-refractivity contribution >= 4 is 15.7 Å². The lowest BCUT2D eigenvalue weighted by Gasteiger charge is -2.35. The van der Waals surface area contributed by atoms with Crippen LogP contribution in [-0.2, 0) is 21.1 Å². The normalized spacial score (nSPS) is 14.9. The number of sulfone groups is 1. The average Bonchev–Trinajstić information content (AvgIpc) is 2.83. The fourth-order valence-electron chi connectivity index (χ4n) is 3.65. The molecule has 2 aromatic carbocycles. The zero-order valence-corrected chi connectivity index (χ0v) is 19.6. The molecule has 1 aliphatic heterocycles. The summed E-state index contributed by atoms with van der Waals surface area (Å²) in [7, 11) is 1.33. The maximum atomic E-state index is 12.9. The standard InChI is InChI=1S/C23H30N2O6S/c1-29-14-15-32(27,28)21-7-4-18(5-8-21)23(26)25-12-10-24(11-13-25)17-19-16-20(30-2)6-9-22(19)31-3/h4-9,16H,10-15,17H2,1-3H3. The van der Waals surface area contributed by atoms with E-state index in [0.717, 1.165) is 30.2 Å². The van der Waals surface area contributed by atoms with Crippen LogP contribution in [0, 0.1) is 0 Å². The molecule has 0 bridgehead atoms. The van der Waals surface area contributed by atoms with E-state index in [1.807, 2.05) is 18.2 Å². The molecule has 1 amide bonds. The molecule has 0 aliphatic carbocycles. The molecule has 0 atom stereocenters. The fourth-order valence-corrected chi connectivity index (χ4v) is 4.83. The van der Waals surface area contributed by atoms with Crippen LogP contribution in [0.25, 0.3) is 0 Å². The van der Waals surface area contributed by atoms with Crippen LogP contribution in [0.1, 0.15) is 15.9 Å². The van der Waals surface area contributed by atoms with Gasteiger partial charge in [0.15, 0.2) is 9.84 Å². The number of rotatable bonds is 9. The van der Waals surface area contributed by atoms with Gasteiger partial charge in [0.25, 0.3) is 5.91 Å². The minimum absolute atomic E-state index is 0.0865. The van der Waals surface area contributed by atoms with E-state index in [4.69, 9.17) is 14.2 Å². The van der Waals surface area contributed by atoms with E-state index in [0.29, 0.717) is 25.2 Å². The number of carbonyl (C=O) groups excluding carboxylic acids is 1. The predicted molar refractivity (Wildman–Crippen MR) is 121 cm³/mol. The Morgan fingerprint density at radius 1 is 0.938 bits per heavy atom.